The van der Waals surface area contributed by atoms with E-state index in [1.807, 2.05) is 6.92 Å². The van der Waals surface area contributed by atoms with Crippen molar-refractivity contribution >= 4 is 24.0 Å². The average Bonchev–Trinajstić information content (AvgIpc) is 2.61. The van der Waals surface area contributed by atoms with Crippen LogP contribution in [0, 0.1) is 0 Å². The number of ether oxygens (including phenoxy) is 6. The molecule has 0 saturated carbocycles. The van der Waals surface area contributed by atoms with Crippen molar-refractivity contribution in [1.29, 1.82) is 0 Å². The molecule has 1 aliphatic rings. The first-order chi connectivity index (χ1) is 13.7. The van der Waals surface area contributed by atoms with Crippen molar-refractivity contribution in [3.63, 3.8) is 0 Å². The van der Waals surface area contributed by atoms with Gasteiger partial charge in [-0.05, 0) is 13.3 Å². The quantitative estimate of drug-likeness (QED) is 0.420. The van der Waals surface area contributed by atoms with Crippen LogP contribution in [0.4, 0.5) is 4.79 Å². The Kier molecular flexibility index (Phi) is 10.4. The molecule has 0 radical (unpaired) electrons. The SMILES string of the molecule is CCCO[C@@H]1O[C@H](COC(C)=O)[C@H](OC(C)=O)[C@@H](OC(C)=O)[C@@H]1NC(=O)OCC. The Morgan fingerprint density at radius 3 is 2.03 bits per heavy atom. The molecule has 0 aromatic carbocycles. The predicted octanol–water partition coefficient (Wildman–Crippen LogP) is 0.679. The number of hydrogen-bond donors (Lipinski definition) is 1. The van der Waals surface area contributed by atoms with Gasteiger partial charge in [-0.2, -0.15) is 0 Å². The molecule has 0 bridgehead atoms. The van der Waals surface area contributed by atoms with Gasteiger partial charge in [0.25, 0.3) is 0 Å². The maximum Gasteiger partial charge on any atom is 0.407 e. The zero-order chi connectivity index (χ0) is 22.0. The molecule has 11 heteroatoms. The number of amides is 1. The second kappa shape index (κ2) is 12.2. The molecule has 1 aliphatic heterocycles. The highest BCUT2D eigenvalue weighted by Crippen LogP contribution is 2.28. The molecule has 29 heavy (non-hydrogen) atoms. The van der Waals surface area contributed by atoms with Gasteiger partial charge in [-0.3, -0.25) is 14.4 Å². The van der Waals surface area contributed by atoms with Crippen LogP contribution >= 0.6 is 0 Å². The number of carbonyl (C=O) groups excluding carboxylic acids is 4. The number of alkyl carbamates (subject to hydrolysis) is 1. The predicted molar refractivity (Wildman–Crippen MR) is 96.6 cm³/mol. The van der Waals surface area contributed by atoms with Gasteiger partial charge in [0.1, 0.15) is 18.8 Å². The fraction of sp³-hybridized carbons (Fsp3) is 0.778. The second-order valence-corrected chi connectivity index (χ2v) is 6.25. The highest BCUT2D eigenvalue weighted by molar-refractivity contribution is 5.69. The molecule has 0 aromatic rings. The zero-order valence-corrected chi connectivity index (χ0v) is 17.3. The lowest BCUT2D eigenvalue weighted by molar-refractivity contribution is -0.277. The maximum atomic E-state index is 12.0. The molecule has 166 valence electrons. The van der Waals surface area contributed by atoms with E-state index >= 15 is 0 Å². The minimum atomic E-state index is -1.17. The van der Waals surface area contributed by atoms with Crippen molar-refractivity contribution in [2.45, 2.75) is 71.7 Å². The third-order valence-corrected chi connectivity index (χ3v) is 3.75. The normalized spacial score (nSPS) is 26.2. The standard InChI is InChI=1S/C18H29NO10/c1-6-8-25-17-14(19-18(23)24-7-2)16(28-12(5)22)15(27-11(4)21)13(29-17)9-26-10(3)20/h13-17H,6-9H2,1-5H3,(H,19,23)/t13-,14+,15+,16+,17-/m1/s1. The Bertz CT molecular complexity index is 581. The van der Waals surface area contributed by atoms with Crippen molar-refractivity contribution in [2.24, 2.45) is 0 Å². The third-order valence-electron chi connectivity index (χ3n) is 3.75. The van der Waals surface area contributed by atoms with Crippen LogP contribution in [0.15, 0.2) is 0 Å². The maximum absolute atomic E-state index is 12.0. The zero-order valence-electron chi connectivity index (χ0n) is 17.3. The molecule has 1 rings (SSSR count). The molecule has 0 unspecified atom stereocenters. The van der Waals surface area contributed by atoms with Crippen molar-refractivity contribution in [3.8, 4) is 0 Å². The summed E-state index contributed by atoms with van der Waals surface area (Å²) in [6, 6.07) is -1.04. The lowest BCUT2D eigenvalue weighted by atomic mass is 9.96. The van der Waals surface area contributed by atoms with E-state index in [0.29, 0.717) is 6.42 Å². The first-order valence-corrected chi connectivity index (χ1v) is 9.37. The minimum absolute atomic E-state index is 0.112. The van der Waals surface area contributed by atoms with Gasteiger partial charge in [0, 0.05) is 27.4 Å². The molecule has 5 atom stereocenters. The van der Waals surface area contributed by atoms with Crippen LogP contribution < -0.4 is 5.32 Å². The molecule has 1 fully saturated rings. The van der Waals surface area contributed by atoms with Crippen molar-refractivity contribution < 1.29 is 47.6 Å². The van der Waals surface area contributed by atoms with Crippen molar-refractivity contribution in [2.75, 3.05) is 19.8 Å². The van der Waals surface area contributed by atoms with Gasteiger partial charge in [0.15, 0.2) is 18.5 Å². The van der Waals surface area contributed by atoms with Gasteiger partial charge in [-0.25, -0.2) is 4.79 Å². The lowest BCUT2D eigenvalue weighted by Gasteiger charge is -2.44. The van der Waals surface area contributed by atoms with Crippen molar-refractivity contribution in [3.05, 3.63) is 0 Å². The number of carbonyl (C=O) groups is 4. The number of nitrogens with one attached hydrogen (secondary N) is 1. The van der Waals surface area contributed by atoms with E-state index in [1.165, 1.54) is 20.8 Å². The van der Waals surface area contributed by atoms with E-state index in [4.69, 9.17) is 28.4 Å². The van der Waals surface area contributed by atoms with E-state index in [2.05, 4.69) is 5.32 Å². The van der Waals surface area contributed by atoms with Crippen molar-refractivity contribution in [1.82, 2.24) is 5.32 Å². The van der Waals surface area contributed by atoms with E-state index in [0.717, 1.165) is 0 Å². The molecule has 0 aromatic heterocycles. The van der Waals surface area contributed by atoms with E-state index in [1.54, 1.807) is 6.92 Å². The molecule has 1 N–H and O–H groups in total. The van der Waals surface area contributed by atoms with Crippen LogP contribution in [-0.4, -0.2) is 74.5 Å². The molecule has 11 nitrogen and oxygen atoms in total. The Hall–Kier alpha value is -2.40. The highest BCUT2D eigenvalue weighted by atomic mass is 16.7. The fourth-order valence-corrected chi connectivity index (χ4v) is 2.74. The van der Waals surface area contributed by atoms with Crippen LogP contribution in [0.5, 0.6) is 0 Å². The largest absolute Gasteiger partial charge is 0.463 e. The molecule has 1 heterocycles. The molecule has 1 saturated heterocycles. The molecule has 1 amide bonds. The van der Waals surface area contributed by atoms with Crippen LogP contribution in [0.1, 0.15) is 41.0 Å². The average molecular weight is 419 g/mol. The van der Waals surface area contributed by atoms with Crippen LogP contribution in [0.25, 0.3) is 0 Å². The van der Waals surface area contributed by atoms with Gasteiger partial charge in [-0.1, -0.05) is 6.92 Å². The Morgan fingerprint density at radius 2 is 1.52 bits per heavy atom. The second-order valence-electron chi connectivity index (χ2n) is 6.25. The number of hydrogen-bond acceptors (Lipinski definition) is 10. The summed E-state index contributed by atoms with van der Waals surface area (Å²) in [5, 5.41) is 2.54. The number of esters is 3. The first-order valence-electron chi connectivity index (χ1n) is 9.37. The molecular weight excluding hydrogens is 390 g/mol. The Morgan fingerprint density at radius 1 is 0.897 bits per heavy atom. The summed E-state index contributed by atoms with van der Waals surface area (Å²) >= 11 is 0. The lowest BCUT2D eigenvalue weighted by Crippen LogP contribution is -2.66. The Labute approximate surface area is 169 Å². The summed E-state index contributed by atoms with van der Waals surface area (Å²) in [5.41, 5.74) is 0. The summed E-state index contributed by atoms with van der Waals surface area (Å²) < 4.78 is 32.0. The monoisotopic (exact) mass is 419 g/mol. The number of rotatable bonds is 9. The molecule has 0 aliphatic carbocycles. The minimum Gasteiger partial charge on any atom is -0.463 e. The summed E-state index contributed by atoms with van der Waals surface area (Å²) in [6.07, 6.45) is -4.54. The van der Waals surface area contributed by atoms with Gasteiger partial charge in [-0.15, -0.1) is 0 Å². The summed E-state index contributed by atoms with van der Waals surface area (Å²) in [6.45, 7) is 7.16. The molecule has 0 spiro atoms. The Balaban J connectivity index is 3.25. The first kappa shape index (κ1) is 24.6. The summed E-state index contributed by atoms with van der Waals surface area (Å²) in [4.78, 5) is 46.6. The third kappa shape index (κ3) is 8.24. The van der Waals surface area contributed by atoms with E-state index in [9.17, 15) is 19.2 Å². The highest BCUT2D eigenvalue weighted by Gasteiger charge is 2.51. The smallest absolute Gasteiger partial charge is 0.407 e. The van der Waals surface area contributed by atoms with Gasteiger partial charge in [0.05, 0.1) is 6.61 Å². The molecular formula is C18H29NO10. The van der Waals surface area contributed by atoms with Gasteiger partial charge < -0.3 is 33.7 Å². The van der Waals surface area contributed by atoms with Crippen LogP contribution in [0.3, 0.4) is 0 Å². The fourth-order valence-electron chi connectivity index (χ4n) is 2.74. The summed E-state index contributed by atoms with van der Waals surface area (Å²) in [5.74, 6) is -1.92. The van der Waals surface area contributed by atoms with Gasteiger partial charge >= 0.3 is 24.0 Å². The van der Waals surface area contributed by atoms with Crippen LogP contribution in [0.2, 0.25) is 0 Å². The van der Waals surface area contributed by atoms with E-state index in [-0.39, 0.29) is 19.8 Å². The van der Waals surface area contributed by atoms with Crippen LogP contribution in [-0.2, 0) is 42.8 Å². The topological polar surface area (TPSA) is 136 Å². The van der Waals surface area contributed by atoms with Gasteiger partial charge in [0.2, 0.25) is 0 Å². The van der Waals surface area contributed by atoms with E-state index < -0.39 is 54.6 Å². The summed E-state index contributed by atoms with van der Waals surface area (Å²) in [7, 11) is 0.